The Labute approximate surface area is 73.9 Å². The predicted molar refractivity (Wildman–Crippen MR) is 47.9 cm³/mol. The van der Waals surface area contributed by atoms with Gasteiger partial charge in [-0.3, -0.25) is 0 Å². The largest absolute Gasteiger partial charge is 0.386 e. The van der Waals surface area contributed by atoms with Gasteiger partial charge in [0.1, 0.15) is 0 Å². The molecular formula is C9H19NO2. The maximum Gasteiger partial charge on any atom is 0.0973 e. The van der Waals surface area contributed by atoms with E-state index in [0.29, 0.717) is 12.7 Å². The zero-order valence-corrected chi connectivity index (χ0v) is 7.75. The molecule has 0 aliphatic heterocycles. The van der Waals surface area contributed by atoms with Crippen molar-refractivity contribution in [2.24, 2.45) is 5.73 Å². The van der Waals surface area contributed by atoms with Crippen LogP contribution in [-0.2, 0) is 4.74 Å². The molecule has 12 heavy (non-hydrogen) atoms. The molecule has 1 saturated carbocycles. The fourth-order valence-corrected chi connectivity index (χ4v) is 1.41. The first-order valence-corrected chi connectivity index (χ1v) is 4.68. The van der Waals surface area contributed by atoms with Gasteiger partial charge in [0.2, 0.25) is 0 Å². The molecule has 1 rings (SSSR count). The first-order chi connectivity index (χ1) is 5.64. The van der Waals surface area contributed by atoms with Gasteiger partial charge in [0.15, 0.2) is 0 Å². The zero-order valence-electron chi connectivity index (χ0n) is 7.75. The van der Waals surface area contributed by atoms with E-state index in [9.17, 15) is 5.11 Å². The minimum atomic E-state index is -0.845. The van der Waals surface area contributed by atoms with Crippen molar-refractivity contribution in [3.05, 3.63) is 0 Å². The van der Waals surface area contributed by atoms with Crippen LogP contribution in [0.2, 0.25) is 0 Å². The van der Waals surface area contributed by atoms with Gasteiger partial charge in [0.25, 0.3) is 0 Å². The maximum absolute atomic E-state index is 9.53. The molecule has 0 aromatic rings. The topological polar surface area (TPSA) is 55.5 Å². The van der Waals surface area contributed by atoms with Crippen LogP contribution >= 0.6 is 0 Å². The summed E-state index contributed by atoms with van der Waals surface area (Å²) >= 11 is 0. The molecule has 3 N–H and O–H groups in total. The molecule has 1 aliphatic carbocycles. The van der Waals surface area contributed by atoms with Crippen LogP contribution in [0, 0.1) is 0 Å². The molecular weight excluding hydrogens is 154 g/mol. The van der Waals surface area contributed by atoms with Gasteiger partial charge >= 0.3 is 0 Å². The summed E-state index contributed by atoms with van der Waals surface area (Å²) in [7, 11) is 0. The van der Waals surface area contributed by atoms with Crippen LogP contribution in [0.15, 0.2) is 0 Å². The highest BCUT2D eigenvalue weighted by Gasteiger charge is 2.22. The Hall–Kier alpha value is -0.120. The Morgan fingerprint density at radius 3 is 2.58 bits per heavy atom. The number of aliphatic hydroxyl groups is 1. The van der Waals surface area contributed by atoms with Crippen molar-refractivity contribution in [1.82, 2.24) is 0 Å². The minimum absolute atomic E-state index is 0.264. The quantitative estimate of drug-likeness (QED) is 0.656. The van der Waals surface area contributed by atoms with Gasteiger partial charge in [-0.05, 0) is 19.8 Å². The standard InChI is InChI=1S/C9H19NO2/c1-9(11,6-10)7-12-8-4-2-3-5-8/h8,11H,2-7,10H2,1H3. The molecule has 0 heterocycles. The van der Waals surface area contributed by atoms with Crippen LogP contribution in [0.5, 0.6) is 0 Å². The van der Waals surface area contributed by atoms with E-state index in [4.69, 9.17) is 10.5 Å². The fourth-order valence-electron chi connectivity index (χ4n) is 1.41. The lowest BCUT2D eigenvalue weighted by Gasteiger charge is -2.23. The van der Waals surface area contributed by atoms with Gasteiger partial charge in [0.05, 0.1) is 18.3 Å². The molecule has 0 amide bonds. The highest BCUT2D eigenvalue weighted by atomic mass is 16.5. The molecule has 0 radical (unpaired) electrons. The van der Waals surface area contributed by atoms with Gasteiger partial charge < -0.3 is 15.6 Å². The van der Waals surface area contributed by atoms with Gasteiger partial charge in [-0.2, -0.15) is 0 Å². The summed E-state index contributed by atoms with van der Waals surface area (Å²) in [5, 5.41) is 9.53. The third kappa shape index (κ3) is 3.09. The summed E-state index contributed by atoms with van der Waals surface area (Å²) in [5.74, 6) is 0. The second kappa shape index (κ2) is 4.21. The van der Waals surface area contributed by atoms with Gasteiger partial charge in [-0.15, -0.1) is 0 Å². The van der Waals surface area contributed by atoms with Crippen molar-refractivity contribution in [1.29, 1.82) is 0 Å². The molecule has 1 unspecified atom stereocenters. The van der Waals surface area contributed by atoms with Crippen molar-refractivity contribution in [2.75, 3.05) is 13.2 Å². The number of rotatable bonds is 4. The van der Waals surface area contributed by atoms with Crippen molar-refractivity contribution in [3.8, 4) is 0 Å². The Balaban J connectivity index is 2.15. The molecule has 72 valence electrons. The fraction of sp³-hybridized carbons (Fsp3) is 1.00. The van der Waals surface area contributed by atoms with E-state index >= 15 is 0 Å². The average Bonchev–Trinajstić information content (AvgIpc) is 2.53. The van der Waals surface area contributed by atoms with Crippen molar-refractivity contribution < 1.29 is 9.84 Å². The van der Waals surface area contributed by atoms with Crippen molar-refractivity contribution in [3.63, 3.8) is 0 Å². The van der Waals surface area contributed by atoms with Crippen LogP contribution in [0.4, 0.5) is 0 Å². The lowest BCUT2D eigenvalue weighted by atomic mass is 10.1. The minimum Gasteiger partial charge on any atom is -0.386 e. The molecule has 0 bridgehead atoms. The normalized spacial score (nSPS) is 24.2. The Kier molecular flexibility index (Phi) is 3.50. The number of hydrogen-bond donors (Lipinski definition) is 2. The van der Waals surface area contributed by atoms with E-state index in [1.165, 1.54) is 12.8 Å². The Morgan fingerprint density at radius 2 is 2.08 bits per heavy atom. The zero-order chi connectivity index (χ0) is 9.03. The van der Waals surface area contributed by atoms with Crippen LogP contribution in [0.3, 0.4) is 0 Å². The molecule has 0 aromatic carbocycles. The molecule has 1 fully saturated rings. The van der Waals surface area contributed by atoms with Gasteiger partial charge in [-0.1, -0.05) is 12.8 Å². The lowest BCUT2D eigenvalue weighted by Crippen LogP contribution is -2.40. The van der Waals surface area contributed by atoms with Gasteiger partial charge in [-0.25, -0.2) is 0 Å². The Bertz CT molecular complexity index is 130. The van der Waals surface area contributed by atoms with E-state index in [0.717, 1.165) is 12.8 Å². The van der Waals surface area contributed by atoms with E-state index in [1.54, 1.807) is 6.92 Å². The summed E-state index contributed by atoms with van der Waals surface area (Å²) in [6.45, 7) is 2.34. The number of hydrogen-bond acceptors (Lipinski definition) is 3. The smallest absolute Gasteiger partial charge is 0.0973 e. The second-order valence-electron chi connectivity index (χ2n) is 3.92. The highest BCUT2D eigenvalue weighted by Crippen LogP contribution is 2.21. The van der Waals surface area contributed by atoms with Crippen LogP contribution in [0.25, 0.3) is 0 Å². The van der Waals surface area contributed by atoms with Gasteiger partial charge in [0, 0.05) is 6.54 Å². The molecule has 1 aliphatic rings. The SMILES string of the molecule is CC(O)(CN)COC1CCCC1. The maximum atomic E-state index is 9.53. The lowest BCUT2D eigenvalue weighted by molar-refractivity contribution is -0.0555. The van der Waals surface area contributed by atoms with Crippen LogP contribution in [-0.4, -0.2) is 30.0 Å². The van der Waals surface area contributed by atoms with Crippen molar-refractivity contribution >= 4 is 0 Å². The van der Waals surface area contributed by atoms with Crippen LogP contribution in [0.1, 0.15) is 32.6 Å². The average molecular weight is 173 g/mol. The number of ether oxygens (including phenoxy) is 1. The first-order valence-electron chi connectivity index (χ1n) is 4.68. The van der Waals surface area contributed by atoms with E-state index in [1.807, 2.05) is 0 Å². The molecule has 3 nitrogen and oxygen atoms in total. The highest BCUT2D eigenvalue weighted by molar-refractivity contribution is 4.75. The van der Waals surface area contributed by atoms with E-state index < -0.39 is 5.60 Å². The predicted octanol–water partition coefficient (Wildman–Crippen LogP) is 0.655. The Morgan fingerprint density at radius 1 is 1.50 bits per heavy atom. The van der Waals surface area contributed by atoms with Crippen LogP contribution < -0.4 is 5.73 Å². The molecule has 0 spiro atoms. The third-order valence-electron chi connectivity index (χ3n) is 2.37. The summed E-state index contributed by atoms with van der Waals surface area (Å²) in [5.41, 5.74) is 4.52. The summed E-state index contributed by atoms with van der Waals surface area (Å²) in [6.07, 6.45) is 5.16. The molecule has 0 saturated heterocycles. The monoisotopic (exact) mass is 173 g/mol. The molecule has 3 heteroatoms. The molecule has 0 aromatic heterocycles. The summed E-state index contributed by atoms with van der Waals surface area (Å²) < 4.78 is 5.53. The summed E-state index contributed by atoms with van der Waals surface area (Å²) in [4.78, 5) is 0. The third-order valence-corrected chi connectivity index (χ3v) is 2.37. The van der Waals surface area contributed by atoms with E-state index in [-0.39, 0.29) is 6.54 Å². The number of nitrogens with two attached hydrogens (primary N) is 1. The molecule has 1 atom stereocenters. The summed E-state index contributed by atoms with van der Waals surface area (Å²) in [6, 6.07) is 0. The first kappa shape index (κ1) is 9.96. The van der Waals surface area contributed by atoms with E-state index in [2.05, 4.69) is 0 Å². The second-order valence-corrected chi connectivity index (χ2v) is 3.92. The van der Waals surface area contributed by atoms with Crippen molar-refractivity contribution in [2.45, 2.75) is 44.3 Å².